The molecule has 5 rings (SSSR count). The fourth-order valence-corrected chi connectivity index (χ4v) is 3.77. The summed E-state index contributed by atoms with van der Waals surface area (Å²) < 4.78 is 19.2. The molecule has 1 saturated heterocycles. The predicted octanol–water partition coefficient (Wildman–Crippen LogP) is 4.92. The minimum Gasteiger partial charge on any atom is -0.491 e. The molecule has 30 heavy (non-hydrogen) atoms. The van der Waals surface area contributed by atoms with Crippen LogP contribution in [0.2, 0.25) is 0 Å². The summed E-state index contributed by atoms with van der Waals surface area (Å²) in [4.78, 5) is 7.65. The van der Waals surface area contributed by atoms with Crippen LogP contribution in [0.4, 0.5) is 0 Å². The minimum absolute atomic E-state index is 0.0731. The summed E-state index contributed by atoms with van der Waals surface area (Å²) in [7, 11) is 0. The van der Waals surface area contributed by atoms with Gasteiger partial charge in [0.05, 0.1) is 18.5 Å². The number of benzene rings is 1. The van der Waals surface area contributed by atoms with E-state index in [2.05, 4.69) is 44.8 Å². The molecule has 0 aliphatic carbocycles. The van der Waals surface area contributed by atoms with E-state index in [1.807, 2.05) is 36.8 Å². The number of aromatic nitrogens is 3. The number of fused-ring (bicyclic) bond motifs is 1. The van der Waals surface area contributed by atoms with Crippen LogP contribution in [0.1, 0.15) is 19.3 Å². The SMILES string of the molecule is c1cc(-c2ccc3ncc(-c4ccc(OCCOC5CCCCO5)cc4)n3c2)c[nH]1. The van der Waals surface area contributed by atoms with Gasteiger partial charge in [-0.05, 0) is 67.3 Å². The normalized spacial score (nSPS) is 16.7. The monoisotopic (exact) mass is 403 g/mol. The Morgan fingerprint density at radius 1 is 1.00 bits per heavy atom. The highest BCUT2D eigenvalue weighted by molar-refractivity contribution is 5.69. The standard InChI is InChI=1S/C24H25N3O3/c1-2-12-29-24(3-1)30-14-13-28-21-7-4-18(5-8-21)22-16-26-23-9-6-20(17-27(22)23)19-10-11-25-15-19/h4-11,15-17,24-25H,1-3,12-14H2. The van der Waals surface area contributed by atoms with Crippen molar-refractivity contribution in [2.45, 2.75) is 25.6 Å². The van der Waals surface area contributed by atoms with E-state index in [4.69, 9.17) is 14.2 Å². The van der Waals surface area contributed by atoms with Gasteiger partial charge in [0.25, 0.3) is 0 Å². The van der Waals surface area contributed by atoms with Crippen molar-refractivity contribution < 1.29 is 14.2 Å². The first kappa shape index (κ1) is 18.9. The fourth-order valence-electron chi connectivity index (χ4n) is 3.77. The second-order valence-electron chi connectivity index (χ2n) is 7.43. The second-order valence-corrected chi connectivity index (χ2v) is 7.43. The van der Waals surface area contributed by atoms with Gasteiger partial charge in [-0.2, -0.15) is 0 Å². The van der Waals surface area contributed by atoms with Crippen LogP contribution in [0.15, 0.2) is 67.3 Å². The Kier molecular flexibility index (Phi) is 5.50. The average molecular weight is 403 g/mol. The Hall–Kier alpha value is -3.09. The summed E-state index contributed by atoms with van der Waals surface area (Å²) in [6.07, 6.45) is 11.1. The lowest BCUT2D eigenvalue weighted by atomic mass is 10.1. The van der Waals surface area contributed by atoms with E-state index < -0.39 is 0 Å². The van der Waals surface area contributed by atoms with Crippen LogP contribution in [0.25, 0.3) is 28.0 Å². The van der Waals surface area contributed by atoms with Crippen molar-refractivity contribution in [3.05, 3.63) is 67.3 Å². The number of aromatic amines is 1. The third-order valence-corrected chi connectivity index (χ3v) is 5.38. The number of H-pyrrole nitrogens is 1. The molecule has 1 N–H and O–H groups in total. The summed E-state index contributed by atoms with van der Waals surface area (Å²) in [6.45, 7) is 1.83. The molecule has 1 unspecified atom stereocenters. The topological polar surface area (TPSA) is 60.8 Å². The van der Waals surface area contributed by atoms with Crippen molar-refractivity contribution in [3.63, 3.8) is 0 Å². The maximum absolute atomic E-state index is 5.82. The molecule has 0 bridgehead atoms. The Morgan fingerprint density at radius 2 is 1.90 bits per heavy atom. The van der Waals surface area contributed by atoms with Gasteiger partial charge in [0.1, 0.15) is 18.0 Å². The summed E-state index contributed by atoms with van der Waals surface area (Å²) in [5.74, 6) is 0.828. The van der Waals surface area contributed by atoms with Gasteiger partial charge in [-0.25, -0.2) is 4.98 Å². The predicted molar refractivity (Wildman–Crippen MR) is 115 cm³/mol. The van der Waals surface area contributed by atoms with Crippen LogP contribution in [-0.2, 0) is 9.47 Å². The molecule has 1 aliphatic heterocycles. The molecule has 6 nitrogen and oxygen atoms in total. The number of pyridine rings is 1. The summed E-state index contributed by atoms with van der Waals surface area (Å²) in [6, 6.07) is 14.3. The molecule has 154 valence electrons. The lowest BCUT2D eigenvalue weighted by molar-refractivity contribution is -0.165. The highest BCUT2D eigenvalue weighted by Gasteiger charge is 2.13. The third kappa shape index (κ3) is 4.10. The summed E-state index contributed by atoms with van der Waals surface area (Å²) >= 11 is 0. The molecular weight excluding hydrogens is 378 g/mol. The van der Waals surface area contributed by atoms with Gasteiger partial charge in [-0.3, -0.25) is 4.40 Å². The van der Waals surface area contributed by atoms with E-state index in [0.717, 1.165) is 53.2 Å². The Morgan fingerprint density at radius 3 is 2.70 bits per heavy atom. The van der Waals surface area contributed by atoms with Gasteiger partial charge >= 0.3 is 0 Å². The zero-order valence-electron chi connectivity index (χ0n) is 16.8. The number of hydrogen-bond donors (Lipinski definition) is 1. The number of ether oxygens (including phenoxy) is 3. The van der Waals surface area contributed by atoms with Crippen molar-refractivity contribution in [1.29, 1.82) is 0 Å². The van der Waals surface area contributed by atoms with Crippen LogP contribution < -0.4 is 4.74 Å². The van der Waals surface area contributed by atoms with Gasteiger partial charge in [0, 0.05) is 36.3 Å². The van der Waals surface area contributed by atoms with Crippen molar-refractivity contribution >= 4 is 5.65 Å². The minimum atomic E-state index is -0.0731. The summed E-state index contributed by atoms with van der Waals surface area (Å²) in [5.41, 5.74) is 5.36. The van der Waals surface area contributed by atoms with Crippen molar-refractivity contribution in [2.75, 3.05) is 19.8 Å². The Labute approximate surface area is 175 Å². The van der Waals surface area contributed by atoms with Crippen LogP contribution >= 0.6 is 0 Å². The molecule has 0 spiro atoms. The fraction of sp³-hybridized carbons (Fsp3) is 0.292. The highest BCUT2D eigenvalue weighted by Crippen LogP contribution is 2.26. The molecule has 1 aromatic carbocycles. The quantitative estimate of drug-likeness (QED) is 0.445. The maximum Gasteiger partial charge on any atom is 0.157 e. The van der Waals surface area contributed by atoms with Gasteiger partial charge in [-0.15, -0.1) is 0 Å². The van der Waals surface area contributed by atoms with Crippen molar-refractivity contribution in [1.82, 2.24) is 14.4 Å². The van der Waals surface area contributed by atoms with Crippen LogP contribution in [0.3, 0.4) is 0 Å². The molecule has 6 heteroatoms. The van der Waals surface area contributed by atoms with E-state index in [-0.39, 0.29) is 6.29 Å². The Balaban J connectivity index is 1.25. The van der Waals surface area contributed by atoms with E-state index in [0.29, 0.717) is 13.2 Å². The van der Waals surface area contributed by atoms with Crippen molar-refractivity contribution in [3.8, 4) is 28.1 Å². The molecule has 1 atom stereocenters. The van der Waals surface area contributed by atoms with E-state index in [1.165, 1.54) is 6.42 Å². The van der Waals surface area contributed by atoms with Crippen LogP contribution in [0, 0.1) is 0 Å². The number of nitrogens with zero attached hydrogens (tertiary/aromatic N) is 2. The zero-order chi connectivity index (χ0) is 20.2. The molecule has 0 amide bonds. The largest absolute Gasteiger partial charge is 0.491 e. The molecule has 0 radical (unpaired) electrons. The molecule has 0 saturated carbocycles. The zero-order valence-corrected chi connectivity index (χ0v) is 16.8. The molecule has 1 aliphatic rings. The maximum atomic E-state index is 5.82. The van der Waals surface area contributed by atoms with Crippen molar-refractivity contribution in [2.24, 2.45) is 0 Å². The average Bonchev–Trinajstić information content (AvgIpc) is 3.48. The second kappa shape index (κ2) is 8.73. The number of rotatable bonds is 7. The van der Waals surface area contributed by atoms with E-state index in [1.54, 1.807) is 0 Å². The number of imidazole rings is 1. The van der Waals surface area contributed by atoms with Gasteiger partial charge < -0.3 is 19.2 Å². The molecule has 4 aromatic rings. The lowest BCUT2D eigenvalue weighted by Crippen LogP contribution is -2.24. The molecule has 4 heterocycles. The molecule has 3 aromatic heterocycles. The number of hydrogen-bond acceptors (Lipinski definition) is 4. The first-order valence-electron chi connectivity index (χ1n) is 10.4. The van der Waals surface area contributed by atoms with Gasteiger partial charge in [-0.1, -0.05) is 0 Å². The lowest BCUT2D eigenvalue weighted by Gasteiger charge is -2.22. The molecular formula is C24H25N3O3. The molecule has 1 fully saturated rings. The number of nitrogens with one attached hydrogen (secondary N) is 1. The van der Waals surface area contributed by atoms with Gasteiger partial charge in [0.2, 0.25) is 0 Å². The van der Waals surface area contributed by atoms with E-state index >= 15 is 0 Å². The first-order chi connectivity index (χ1) is 14.9. The highest BCUT2D eigenvalue weighted by atomic mass is 16.7. The summed E-state index contributed by atoms with van der Waals surface area (Å²) in [5, 5.41) is 0. The van der Waals surface area contributed by atoms with E-state index in [9.17, 15) is 0 Å². The van der Waals surface area contributed by atoms with Crippen LogP contribution in [0.5, 0.6) is 5.75 Å². The smallest absolute Gasteiger partial charge is 0.157 e. The first-order valence-corrected chi connectivity index (χ1v) is 10.4. The third-order valence-electron chi connectivity index (χ3n) is 5.38. The Bertz CT molecular complexity index is 1080. The van der Waals surface area contributed by atoms with Crippen LogP contribution in [-0.4, -0.2) is 40.5 Å². The van der Waals surface area contributed by atoms with Gasteiger partial charge in [0.15, 0.2) is 6.29 Å².